The van der Waals surface area contributed by atoms with E-state index in [-0.39, 0.29) is 11.7 Å². The molecular weight excluding hydrogens is 359 g/mol. The summed E-state index contributed by atoms with van der Waals surface area (Å²) in [6.07, 6.45) is 2.44. The van der Waals surface area contributed by atoms with Gasteiger partial charge in [0.2, 0.25) is 0 Å². The zero-order valence-electron chi connectivity index (χ0n) is 13.8. The fourth-order valence-electron chi connectivity index (χ4n) is 2.38. The summed E-state index contributed by atoms with van der Waals surface area (Å²) in [7, 11) is 0. The molecule has 0 aliphatic carbocycles. The second kappa shape index (κ2) is 7.79. The highest BCUT2D eigenvalue weighted by atomic mass is 32.2. The number of benzene rings is 1. The second-order valence-corrected chi connectivity index (χ2v) is 7.39. The number of hydrogen-bond acceptors (Lipinski definition) is 5. The average molecular weight is 376 g/mol. The van der Waals surface area contributed by atoms with E-state index in [4.69, 9.17) is 0 Å². The number of aromatic nitrogens is 3. The highest BCUT2D eigenvalue weighted by Crippen LogP contribution is 2.20. The third-order valence-corrected chi connectivity index (χ3v) is 5.19. The van der Waals surface area contributed by atoms with Crippen molar-refractivity contribution in [3.8, 4) is 5.69 Å². The molecule has 0 fully saturated rings. The Morgan fingerprint density at radius 1 is 1.24 bits per heavy atom. The fraction of sp³-hybridized carbons (Fsp3) is 0.235. The molecule has 2 heterocycles. The van der Waals surface area contributed by atoms with E-state index in [0.29, 0.717) is 17.8 Å². The number of carbonyl (C=O) groups is 1. The Bertz CT molecular complexity index is 873. The molecule has 3 aromatic rings. The van der Waals surface area contributed by atoms with Crippen LogP contribution in [0.15, 0.2) is 41.6 Å². The first-order valence-corrected chi connectivity index (χ1v) is 9.71. The van der Waals surface area contributed by atoms with Gasteiger partial charge < -0.3 is 5.32 Å². The lowest BCUT2D eigenvalue weighted by atomic mass is 10.3. The number of carbonyl (C=O) groups excluding carboxylic acids is 1. The Balaban J connectivity index is 1.71. The fourth-order valence-corrected chi connectivity index (χ4v) is 3.68. The summed E-state index contributed by atoms with van der Waals surface area (Å²) in [5, 5.41) is 12.0. The number of amides is 1. The molecule has 0 atom stereocenters. The predicted octanol–water partition coefficient (Wildman–Crippen LogP) is 3.47. The molecule has 0 saturated heterocycles. The Hall–Kier alpha value is -2.19. The van der Waals surface area contributed by atoms with Crippen molar-refractivity contribution in [3.05, 3.63) is 57.8 Å². The minimum atomic E-state index is -0.289. The van der Waals surface area contributed by atoms with Gasteiger partial charge >= 0.3 is 0 Å². The van der Waals surface area contributed by atoms with E-state index in [1.165, 1.54) is 35.2 Å². The second-order valence-electron chi connectivity index (χ2n) is 5.33. The van der Waals surface area contributed by atoms with E-state index in [0.717, 1.165) is 21.5 Å². The standard InChI is InChI=1S/C17H17FN4OS2/c1-11-3-8-14(25-11)16(23)19-10-9-15-20-21-17(24-2)22(15)13-6-4-12(18)5-7-13/h3-8H,9-10H2,1-2H3,(H,19,23). The summed E-state index contributed by atoms with van der Waals surface area (Å²) in [4.78, 5) is 13.9. The van der Waals surface area contributed by atoms with Crippen molar-refractivity contribution >= 4 is 29.0 Å². The summed E-state index contributed by atoms with van der Waals surface area (Å²) in [6.45, 7) is 2.42. The van der Waals surface area contributed by atoms with Crippen LogP contribution in [0.25, 0.3) is 5.69 Å². The number of hydrogen-bond donors (Lipinski definition) is 1. The van der Waals surface area contributed by atoms with Crippen molar-refractivity contribution in [1.29, 1.82) is 0 Å². The molecule has 0 saturated carbocycles. The van der Waals surface area contributed by atoms with E-state index in [1.54, 1.807) is 12.1 Å². The van der Waals surface area contributed by atoms with Crippen LogP contribution in [0.3, 0.4) is 0 Å². The largest absolute Gasteiger partial charge is 0.351 e. The van der Waals surface area contributed by atoms with Crippen molar-refractivity contribution in [2.75, 3.05) is 12.8 Å². The van der Waals surface area contributed by atoms with E-state index in [1.807, 2.05) is 29.9 Å². The minimum Gasteiger partial charge on any atom is -0.351 e. The smallest absolute Gasteiger partial charge is 0.261 e. The Labute approximate surface area is 153 Å². The number of aryl methyl sites for hydroxylation is 1. The van der Waals surface area contributed by atoms with Crippen molar-refractivity contribution in [2.45, 2.75) is 18.5 Å². The lowest BCUT2D eigenvalue weighted by molar-refractivity contribution is 0.0958. The lowest BCUT2D eigenvalue weighted by Gasteiger charge is -2.09. The maximum atomic E-state index is 13.2. The van der Waals surface area contributed by atoms with Gasteiger partial charge in [-0.25, -0.2) is 4.39 Å². The number of nitrogens with one attached hydrogen (secondary N) is 1. The molecule has 0 unspecified atom stereocenters. The topological polar surface area (TPSA) is 59.8 Å². The molecule has 130 valence electrons. The average Bonchev–Trinajstić information content (AvgIpc) is 3.22. The molecule has 2 aromatic heterocycles. The predicted molar refractivity (Wildman–Crippen MR) is 98.2 cm³/mol. The van der Waals surface area contributed by atoms with Crippen LogP contribution in [0.2, 0.25) is 0 Å². The maximum absolute atomic E-state index is 13.2. The van der Waals surface area contributed by atoms with Crippen LogP contribution in [0.4, 0.5) is 4.39 Å². The molecule has 0 aliphatic heterocycles. The Morgan fingerprint density at radius 2 is 2.00 bits per heavy atom. The first-order valence-electron chi connectivity index (χ1n) is 7.67. The van der Waals surface area contributed by atoms with Crippen LogP contribution in [0.1, 0.15) is 20.4 Å². The first kappa shape index (κ1) is 17.6. The molecule has 0 spiro atoms. The van der Waals surface area contributed by atoms with Crippen molar-refractivity contribution < 1.29 is 9.18 Å². The zero-order valence-corrected chi connectivity index (χ0v) is 15.5. The van der Waals surface area contributed by atoms with Gasteiger partial charge in [0, 0.05) is 23.5 Å². The van der Waals surface area contributed by atoms with Crippen LogP contribution in [-0.2, 0) is 6.42 Å². The molecule has 8 heteroatoms. The quantitative estimate of drug-likeness (QED) is 0.669. The molecule has 1 aromatic carbocycles. The minimum absolute atomic E-state index is 0.0870. The van der Waals surface area contributed by atoms with E-state index in [9.17, 15) is 9.18 Å². The van der Waals surface area contributed by atoms with Gasteiger partial charge in [-0.15, -0.1) is 21.5 Å². The van der Waals surface area contributed by atoms with Gasteiger partial charge in [0.1, 0.15) is 11.6 Å². The molecule has 5 nitrogen and oxygen atoms in total. The van der Waals surface area contributed by atoms with Gasteiger partial charge in [-0.1, -0.05) is 11.8 Å². The molecule has 1 N–H and O–H groups in total. The molecule has 1 amide bonds. The third-order valence-electron chi connectivity index (χ3n) is 3.57. The van der Waals surface area contributed by atoms with Gasteiger partial charge in [-0.2, -0.15) is 0 Å². The van der Waals surface area contributed by atoms with Gasteiger partial charge in [-0.3, -0.25) is 9.36 Å². The lowest BCUT2D eigenvalue weighted by Crippen LogP contribution is -2.25. The highest BCUT2D eigenvalue weighted by molar-refractivity contribution is 7.98. The van der Waals surface area contributed by atoms with Crippen LogP contribution >= 0.6 is 23.1 Å². The maximum Gasteiger partial charge on any atom is 0.261 e. The number of rotatable bonds is 6. The molecular formula is C17H17FN4OS2. The number of thiophene rings is 1. The van der Waals surface area contributed by atoms with Crippen LogP contribution in [0.5, 0.6) is 0 Å². The van der Waals surface area contributed by atoms with Crippen molar-refractivity contribution in [2.24, 2.45) is 0 Å². The van der Waals surface area contributed by atoms with E-state index >= 15 is 0 Å². The summed E-state index contributed by atoms with van der Waals surface area (Å²) in [6, 6.07) is 9.94. The van der Waals surface area contributed by atoms with E-state index in [2.05, 4.69) is 15.5 Å². The Morgan fingerprint density at radius 3 is 2.64 bits per heavy atom. The number of halogens is 1. The van der Waals surface area contributed by atoms with Gasteiger partial charge in [0.15, 0.2) is 5.16 Å². The van der Waals surface area contributed by atoms with Gasteiger partial charge in [0.25, 0.3) is 5.91 Å². The summed E-state index contributed by atoms with van der Waals surface area (Å²) in [5.41, 5.74) is 0.797. The molecule has 25 heavy (non-hydrogen) atoms. The summed E-state index contributed by atoms with van der Waals surface area (Å²) < 4.78 is 15.1. The third kappa shape index (κ3) is 4.08. The molecule has 3 rings (SSSR count). The molecule has 0 aliphatic rings. The Kier molecular flexibility index (Phi) is 5.50. The van der Waals surface area contributed by atoms with Crippen molar-refractivity contribution in [3.63, 3.8) is 0 Å². The normalized spacial score (nSPS) is 10.8. The SMILES string of the molecule is CSc1nnc(CCNC(=O)c2ccc(C)s2)n1-c1ccc(F)cc1. The summed E-state index contributed by atoms with van der Waals surface area (Å²) >= 11 is 2.93. The van der Waals surface area contributed by atoms with Gasteiger partial charge in [-0.05, 0) is 49.6 Å². The number of nitrogens with zero attached hydrogens (tertiary/aromatic N) is 3. The molecule has 0 bridgehead atoms. The molecule has 0 radical (unpaired) electrons. The number of thioether (sulfide) groups is 1. The van der Waals surface area contributed by atoms with Crippen LogP contribution in [0, 0.1) is 12.7 Å². The van der Waals surface area contributed by atoms with E-state index < -0.39 is 0 Å². The first-order chi connectivity index (χ1) is 12.1. The van der Waals surface area contributed by atoms with Crippen molar-refractivity contribution in [1.82, 2.24) is 20.1 Å². The van der Waals surface area contributed by atoms with Crippen LogP contribution in [-0.4, -0.2) is 33.5 Å². The zero-order chi connectivity index (χ0) is 17.8. The monoisotopic (exact) mass is 376 g/mol. The van der Waals surface area contributed by atoms with Gasteiger partial charge in [0.05, 0.1) is 4.88 Å². The highest BCUT2D eigenvalue weighted by Gasteiger charge is 2.14. The summed E-state index contributed by atoms with van der Waals surface area (Å²) in [5.74, 6) is 0.345. The van der Waals surface area contributed by atoms with Crippen LogP contribution < -0.4 is 5.32 Å².